The van der Waals surface area contributed by atoms with Crippen LogP contribution in [-0.4, -0.2) is 18.6 Å². The Bertz CT molecular complexity index is 490. The standard InChI is InChI=1S/C17H23NO2/c1-11-7-12(2)9-13(8-11)20-17(19)15-10-18-16-6-4-3-5-14(15)16/h3-6,11-13,15,18H,7-10H2,1-2H3. The molecular weight excluding hydrogens is 250 g/mol. The quantitative estimate of drug-likeness (QED) is 0.837. The summed E-state index contributed by atoms with van der Waals surface area (Å²) in [4.78, 5) is 12.4. The van der Waals surface area contributed by atoms with Gasteiger partial charge in [-0.2, -0.15) is 0 Å². The van der Waals surface area contributed by atoms with Gasteiger partial charge in [0.1, 0.15) is 12.0 Å². The third-order valence-electron chi connectivity index (χ3n) is 4.54. The lowest BCUT2D eigenvalue weighted by atomic mass is 9.82. The van der Waals surface area contributed by atoms with E-state index in [4.69, 9.17) is 4.74 Å². The van der Waals surface area contributed by atoms with Crippen LogP contribution in [-0.2, 0) is 9.53 Å². The van der Waals surface area contributed by atoms with Crippen molar-refractivity contribution < 1.29 is 9.53 Å². The first-order valence-electron chi connectivity index (χ1n) is 7.66. The van der Waals surface area contributed by atoms with E-state index in [1.165, 1.54) is 6.42 Å². The summed E-state index contributed by atoms with van der Waals surface area (Å²) >= 11 is 0. The summed E-state index contributed by atoms with van der Waals surface area (Å²) in [6, 6.07) is 8.02. The van der Waals surface area contributed by atoms with E-state index >= 15 is 0 Å². The van der Waals surface area contributed by atoms with Gasteiger partial charge in [-0.05, 0) is 42.7 Å². The van der Waals surface area contributed by atoms with Gasteiger partial charge in [0.15, 0.2) is 0 Å². The SMILES string of the molecule is CC1CC(C)CC(OC(=O)C2CNc3ccccc32)C1. The number of carbonyl (C=O) groups is 1. The summed E-state index contributed by atoms with van der Waals surface area (Å²) in [5, 5.41) is 3.29. The van der Waals surface area contributed by atoms with Crippen LogP contribution in [0.25, 0.3) is 0 Å². The molecule has 1 aliphatic heterocycles. The molecule has 0 amide bonds. The number of rotatable bonds is 2. The lowest BCUT2D eigenvalue weighted by molar-refractivity contribution is -0.153. The van der Waals surface area contributed by atoms with E-state index in [1.54, 1.807) is 0 Å². The monoisotopic (exact) mass is 273 g/mol. The normalized spacial score (nSPS) is 32.3. The summed E-state index contributed by atoms with van der Waals surface area (Å²) in [6.45, 7) is 5.17. The molecule has 0 radical (unpaired) electrons. The molecule has 3 nitrogen and oxygen atoms in total. The number of anilines is 1. The minimum absolute atomic E-state index is 0.0613. The molecule has 1 N–H and O–H groups in total. The summed E-state index contributed by atoms with van der Waals surface area (Å²) in [5.74, 6) is 1.11. The second kappa shape index (κ2) is 5.47. The molecule has 3 unspecified atom stereocenters. The fraction of sp³-hybridized carbons (Fsp3) is 0.588. The van der Waals surface area contributed by atoms with Crippen molar-refractivity contribution in [3.05, 3.63) is 29.8 Å². The average Bonchev–Trinajstić information content (AvgIpc) is 2.81. The van der Waals surface area contributed by atoms with Gasteiger partial charge in [0.05, 0.1) is 0 Å². The summed E-state index contributed by atoms with van der Waals surface area (Å²) in [7, 11) is 0. The summed E-state index contributed by atoms with van der Waals surface area (Å²) in [5.41, 5.74) is 2.15. The first-order valence-corrected chi connectivity index (χ1v) is 7.66. The van der Waals surface area contributed by atoms with Crippen molar-refractivity contribution in [2.75, 3.05) is 11.9 Å². The molecule has 3 rings (SSSR count). The number of ether oxygens (including phenoxy) is 1. The van der Waals surface area contributed by atoms with Gasteiger partial charge < -0.3 is 10.1 Å². The third-order valence-corrected chi connectivity index (χ3v) is 4.54. The highest BCUT2D eigenvalue weighted by Gasteiger charge is 2.33. The lowest BCUT2D eigenvalue weighted by Gasteiger charge is -2.31. The van der Waals surface area contributed by atoms with E-state index in [0.717, 1.165) is 24.1 Å². The Morgan fingerprint density at radius 3 is 2.60 bits per heavy atom. The topological polar surface area (TPSA) is 38.3 Å². The van der Waals surface area contributed by atoms with Gasteiger partial charge in [-0.15, -0.1) is 0 Å². The minimum Gasteiger partial charge on any atom is -0.462 e. The Morgan fingerprint density at radius 2 is 1.85 bits per heavy atom. The highest BCUT2D eigenvalue weighted by atomic mass is 16.5. The van der Waals surface area contributed by atoms with Crippen LogP contribution in [0.2, 0.25) is 0 Å². The van der Waals surface area contributed by atoms with E-state index in [2.05, 4.69) is 19.2 Å². The fourth-order valence-electron chi connectivity index (χ4n) is 3.71. The van der Waals surface area contributed by atoms with Crippen LogP contribution in [0.1, 0.15) is 44.6 Å². The molecule has 108 valence electrons. The molecule has 3 heteroatoms. The molecule has 1 aromatic rings. The van der Waals surface area contributed by atoms with Gasteiger partial charge >= 0.3 is 5.97 Å². The van der Waals surface area contributed by atoms with Gasteiger partial charge in [0, 0.05) is 12.2 Å². The van der Waals surface area contributed by atoms with E-state index in [1.807, 2.05) is 24.3 Å². The maximum absolute atomic E-state index is 12.4. The first kappa shape index (κ1) is 13.5. The molecule has 1 saturated carbocycles. The molecule has 2 aliphatic rings. The smallest absolute Gasteiger partial charge is 0.315 e. The Hall–Kier alpha value is -1.51. The molecule has 3 atom stereocenters. The van der Waals surface area contributed by atoms with Crippen molar-refractivity contribution in [2.24, 2.45) is 11.8 Å². The molecule has 1 aliphatic carbocycles. The van der Waals surface area contributed by atoms with E-state index in [-0.39, 0.29) is 18.0 Å². The Morgan fingerprint density at radius 1 is 1.15 bits per heavy atom. The van der Waals surface area contributed by atoms with Crippen LogP contribution in [0.3, 0.4) is 0 Å². The Labute approximate surface area is 120 Å². The van der Waals surface area contributed by atoms with Gasteiger partial charge in [-0.3, -0.25) is 4.79 Å². The maximum atomic E-state index is 12.4. The molecule has 0 saturated heterocycles. The predicted molar refractivity (Wildman–Crippen MR) is 79.7 cm³/mol. The third kappa shape index (κ3) is 2.67. The number of benzene rings is 1. The predicted octanol–water partition coefficient (Wildman–Crippen LogP) is 3.56. The number of hydrogen-bond acceptors (Lipinski definition) is 3. The van der Waals surface area contributed by atoms with E-state index in [9.17, 15) is 4.79 Å². The van der Waals surface area contributed by atoms with Crippen LogP contribution in [0, 0.1) is 11.8 Å². The van der Waals surface area contributed by atoms with Gasteiger partial charge in [0.2, 0.25) is 0 Å². The van der Waals surface area contributed by atoms with Crippen molar-refractivity contribution in [3.63, 3.8) is 0 Å². The van der Waals surface area contributed by atoms with Crippen LogP contribution in [0.5, 0.6) is 0 Å². The van der Waals surface area contributed by atoms with Crippen molar-refractivity contribution in [3.8, 4) is 0 Å². The van der Waals surface area contributed by atoms with Gasteiger partial charge in [-0.1, -0.05) is 32.0 Å². The molecule has 1 fully saturated rings. The Balaban J connectivity index is 1.66. The van der Waals surface area contributed by atoms with Crippen molar-refractivity contribution in [1.29, 1.82) is 0 Å². The average molecular weight is 273 g/mol. The number of esters is 1. The highest BCUT2D eigenvalue weighted by Crippen LogP contribution is 2.35. The van der Waals surface area contributed by atoms with Crippen molar-refractivity contribution in [2.45, 2.75) is 45.1 Å². The van der Waals surface area contributed by atoms with Crippen molar-refractivity contribution >= 4 is 11.7 Å². The number of nitrogens with one attached hydrogen (secondary N) is 1. The molecule has 1 heterocycles. The summed E-state index contributed by atoms with van der Waals surface area (Å²) < 4.78 is 5.79. The van der Waals surface area contributed by atoms with Gasteiger partial charge in [0.25, 0.3) is 0 Å². The largest absolute Gasteiger partial charge is 0.462 e. The molecule has 20 heavy (non-hydrogen) atoms. The second-order valence-electron chi connectivity index (χ2n) is 6.50. The van der Waals surface area contributed by atoms with Crippen LogP contribution >= 0.6 is 0 Å². The number of para-hydroxylation sites is 1. The Kier molecular flexibility index (Phi) is 3.68. The zero-order valence-electron chi connectivity index (χ0n) is 12.3. The molecular formula is C17H23NO2. The highest BCUT2D eigenvalue weighted by molar-refractivity contribution is 5.84. The number of fused-ring (bicyclic) bond motifs is 1. The molecule has 1 aromatic carbocycles. The maximum Gasteiger partial charge on any atom is 0.315 e. The van der Waals surface area contributed by atoms with Crippen molar-refractivity contribution in [1.82, 2.24) is 0 Å². The van der Waals surface area contributed by atoms with Crippen LogP contribution in [0.15, 0.2) is 24.3 Å². The number of hydrogen-bond donors (Lipinski definition) is 1. The van der Waals surface area contributed by atoms with E-state index in [0.29, 0.717) is 18.4 Å². The van der Waals surface area contributed by atoms with E-state index < -0.39 is 0 Å². The van der Waals surface area contributed by atoms with Gasteiger partial charge in [-0.25, -0.2) is 0 Å². The lowest BCUT2D eigenvalue weighted by Crippen LogP contribution is -2.30. The molecule has 0 spiro atoms. The van der Waals surface area contributed by atoms with Crippen LogP contribution < -0.4 is 5.32 Å². The zero-order chi connectivity index (χ0) is 14.1. The number of carbonyl (C=O) groups excluding carboxylic acids is 1. The molecule has 0 bridgehead atoms. The summed E-state index contributed by atoms with van der Waals surface area (Å²) in [6.07, 6.45) is 3.38. The van der Waals surface area contributed by atoms with Crippen LogP contribution in [0.4, 0.5) is 5.69 Å². The zero-order valence-corrected chi connectivity index (χ0v) is 12.3. The second-order valence-corrected chi connectivity index (χ2v) is 6.50. The minimum atomic E-state index is -0.140. The fourth-order valence-corrected chi connectivity index (χ4v) is 3.71. The first-order chi connectivity index (χ1) is 9.63. The molecule has 0 aromatic heterocycles.